The number of piperidine rings is 2. The summed E-state index contributed by atoms with van der Waals surface area (Å²) >= 11 is 0. The number of carbonyl (C=O) groups excluding carboxylic acids is 1. The van der Waals surface area contributed by atoms with Crippen LogP contribution >= 0.6 is 0 Å². The topological polar surface area (TPSA) is 20.3 Å². The van der Waals surface area contributed by atoms with Crippen LogP contribution in [-0.4, -0.2) is 29.3 Å². The van der Waals surface area contributed by atoms with E-state index in [2.05, 4.69) is 18.4 Å². The van der Waals surface area contributed by atoms with Gasteiger partial charge in [0.25, 0.3) is 0 Å². The predicted octanol–water partition coefficient (Wildman–Crippen LogP) is 3.03. The molecule has 0 aromatic heterocycles. The monoisotopic (exact) mass is 295 g/mol. The van der Waals surface area contributed by atoms with Crippen LogP contribution in [0.1, 0.15) is 45.4 Å². The van der Waals surface area contributed by atoms with Crippen LogP contribution in [0.2, 0.25) is 0 Å². The predicted molar refractivity (Wildman–Crippen MR) is 83.1 cm³/mol. The van der Waals surface area contributed by atoms with Crippen LogP contribution in [0.5, 0.6) is 0 Å². The highest BCUT2D eigenvalue weighted by Gasteiger charge is 2.88. The number of hydrogen-bond donors (Lipinski definition) is 0. The molecule has 6 saturated carbocycles. The summed E-state index contributed by atoms with van der Waals surface area (Å²) in [4.78, 5) is 16.4. The van der Waals surface area contributed by atoms with Crippen molar-refractivity contribution in [1.82, 2.24) is 4.90 Å². The van der Waals surface area contributed by atoms with E-state index in [4.69, 9.17) is 0 Å². The molecule has 9 aliphatic rings. The van der Waals surface area contributed by atoms with Crippen molar-refractivity contribution in [3.8, 4) is 0 Å². The molecule has 3 heterocycles. The molecular formula is C20H25NO. The van der Waals surface area contributed by atoms with Crippen LogP contribution in [0.15, 0.2) is 12.2 Å². The minimum Gasteiger partial charge on any atom is -0.299 e. The molecule has 10 atom stereocenters. The van der Waals surface area contributed by atoms with E-state index in [-0.39, 0.29) is 5.92 Å². The zero-order valence-corrected chi connectivity index (χ0v) is 13.5. The van der Waals surface area contributed by atoms with E-state index >= 15 is 0 Å². The molecule has 0 amide bonds. The molecule has 116 valence electrons. The van der Waals surface area contributed by atoms with Crippen LogP contribution in [0.4, 0.5) is 0 Å². The second-order valence-corrected chi connectivity index (χ2v) is 10.3. The van der Waals surface area contributed by atoms with Gasteiger partial charge in [-0.1, -0.05) is 25.5 Å². The fraction of sp³-hybridized carbons (Fsp3) is 0.850. The van der Waals surface area contributed by atoms with Gasteiger partial charge in [-0.2, -0.15) is 0 Å². The number of rotatable bonds is 0. The first-order valence-electron chi connectivity index (χ1n) is 9.50. The second-order valence-electron chi connectivity index (χ2n) is 10.3. The first-order chi connectivity index (χ1) is 10.5. The van der Waals surface area contributed by atoms with E-state index in [0.717, 1.165) is 30.3 Å². The lowest BCUT2D eigenvalue weighted by Gasteiger charge is -2.61. The summed E-state index contributed by atoms with van der Waals surface area (Å²) in [5.74, 6) is 2.98. The van der Waals surface area contributed by atoms with E-state index in [1.165, 1.54) is 44.2 Å². The minimum atomic E-state index is 0.238. The Bertz CT molecular complexity index is 683. The van der Waals surface area contributed by atoms with Crippen LogP contribution in [0.25, 0.3) is 0 Å². The molecule has 9 rings (SSSR count). The molecule has 9 fully saturated rings. The Balaban J connectivity index is 1.55. The molecular weight excluding hydrogens is 270 g/mol. The molecule has 6 aliphatic carbocycles. The van der Waals surface area contributed by atoms with Crippen molar-refractivity contribution < 1.29 is 4.79 Å². The summed E-state index contributed by atoms with van der Waals surface area (Å²) in [6.45, 7) is 8.24. The maximum Gasteiger partial charge on any atom is 0.144 e. The second kappa shape index (κ2) is 2.90. The number of nitrogens with zero attached hydrogens (tertiary/aromatic N) is 1. The lowest BCUT2D eigenvalue weighted by atomic mass is 9.41. The van der Waals surface area contributed by atoms with E-state index < -0.39 is 0 Å². The normalized spacial score (nSPS) is 71.8. The quantitative estimate of drug-likeness (QED) is 0.640. The number of Topliss-reactive ketones (excluding diaryl/α,β-unsaturated/α-hetero) is 1. The summed E-state index contributed by atoms with van der Waals surface area (Å²) < 4.78 is 0. The molecule has 9 bridgehead atoms. The van der Waals surface area contributed by atoms with Gasteiger partial charge >= 0.3 is 0 Å². The van der Waals surface area contributed by atoms with Crippen LogP contribution in [0, 0.1) is 39.9 Å². The van der Waals surface area contributed by atoms with Gasteiger partial charge in [0.15, 0.2) is 0 Å². The SMILES string of the molecule is C=C1CC23C[C@@H]4C5C67CCC[C@]5(C)CN4C6C2CC1C(=O)C37. The fourth-order valence-corrected chi connectivity index (χ4v) is 10.2. The van der Waals surface area contributed by atoms with Crippen molar-refractivity contribution in [3.63, 3.8) is 0 Å². The van der Waals surface area contributed by atoms with Gasteiger partial charge in [0.2, 0.25) is 0 Å². The third-order valence-corrected chi connectivity index (χ3v) is 9.94. The van der Waals surface area contributed by atoms with Crippen molar-refractivity contribution in [2.24, 2.45) is 39.9 Å². The number of allylic oxidation sites excluding steroid dienone is 1. The molecule has 2 nitrogen and oxygen atoms in total. The lowest BCUT2D eigenvalue weighted by Crippen LogP contribution is -2.62. The summed E-state index contributed by atoms with van der Waals surface area (Å²) in [5.41, 5.74) is 2.57. The van der Waals surface area contributed by atoms with Gasteiger partial charge in [-0.15, -0.1) is 0 Å². The number of fused-ring (bicyclic) bond motifs is 1. The van der Waals surface area contributed by atoms with E-state index in [9.17, 15) is 4.79 Å². The minimum absolute atomic E-state index is 0.238. The van der Waals surface area contributed by atoms with Gasteiger partial charge in [0.1, 0.15) is 5.78 Å². The zero-order chi connectivity index (χ0) is 14.6. The van der Waals surface area contributed by atoms with Crippen molar-refractivity contribution in [2.45, 2.75) is 57.5 Å². The Morgan fingerprint density at radius 3 is 3.05 bits per heavy atom. The summed E-state index contributed by atoms with van der Waals surface area (Å²) in [6, 6.07) is 1.59. The molecule has 3 aliphatic heterocycles. The maximum absolute atomic E-state index is 13.4. The summed E-state index contributed by atoms with van der Waals surface area (Å²) in [6.07, 6.45) is 7.84. The Morgan fingerprint density at radius 1 is 1.32 bits per heavy atom. The smallest absolute Gasteiger partial charge is 0.144 e. The lowest BCUT2D eigenvalue weighted by molar-refractivity contribution is -0.159. The van der Waals surface area contributed by atoms with Crippen molar-refractivity contribution in [2.75, 3.05) is 6.54 Å². The molecule has 2 heteroatoms. The maximum atomic E-state index is 13.4. The molecule has 0 aromatic carbocycles. The average molecular weight is 295 g/mol. The standard InChI is InChI=1S/C20H25NO/c1-10-7-19-8-13-15-18(2)4-3-5-20(15)16(19)14(22)11(10)6-12(19)17(20)21(13)9-18/h11-13,15-17H,1,3-9H2,2H3/t11?,12?,13-,15?,16?,17?,18-,19?,20?/m1/s1. The molecule has 0 N–H and O–H groups in total. The average Bonchev–Trinajstić information content (AvgIpc) is 2.87. The zero-order valence-electron chi connectivity index (χ0n) is 13.5. The van der Waals surface area contributed by atoms with Crippen molar-refractivity contribution in [1.29, 1.82) is 0 Å². The van der Waals surface area contributed by atoms with Crippen molar-refractivity contribution >= 4 is 5.78 Å². The molecule has 0 radical (unpaired) electrons. The number of hydrogen-bond acceptors (Lipinski definition) is 2. The van der Waals surface area contributed by atoms with Crippen LogP contribution < -0.4 is 0 Å². The van der Waals surface area contributed by atoms with E-state index in [1.54, 1.807) is 0 Å². The highest BCUT2D eigenvalue weighted by atomic mass is 16.1. The highest BCUT2D eigenvalue weighted by Crippen LogP contribution is 2.86. The largest absolute Gasteiger partial charge is 0.299 e. The van der Waals surface area contributed by atoms with Gasteiger partial charge in [-0.05, 0) is 54.8 Å². The molecule has 22 heavy (non-hydrogen) atoms. The number of carbonyl (C=O) groups is 1. The van der Waals surface area contributed by atoms with E-state index in [0.29, 0.717) is 27.9 Å². The van der Waals surface area contributed by atoms with Gasteiger partial charge < -0.3 is 0 Å². The third kappa shape index (κ3) is 0.800. The number of ketones is 1. The van der Waals surface area contributed by atoms with Crippen LogP contribution in [-0.2, 0) is 4.79 Å². The molecule has 3 saturated heterocycles. The Hall–Kier alpha value is -0.630. The first kappa shape index (κ1) is 11.8. The molecule has 2 spiro atoms. The third-order valence-electron chi connectivity index (χ3n) is 9.94. The van der Waals surface area contributed by atoms with Gasteiger partial charge in [0, 0.05) is 35.9 Å². The van der Waals surface area contributed by atoms with Crippen LogP contribution in [0.3, 0.4) is 0 Å². The Morgan fingerprint density at radius 2 is 2.18 bits per heavy atom. The van der Waals surface area contributed by atoms with Gasteiger partial charge in [-0.3, -0.25) is 9.69 Å². The van der Waals surface area contributed by atoms with Gasteiger partial charge in [0.05, 0.1) is 0 Å². The summed E-state index contributed by atoms with van der Waals surface area (Å²) in [7, 11) is 0. The summed E-state index contributed by atoms with van der Waals surface area (Å²) in [5, 5.41) is 0. The molecule has 0 aromatic rings. The highest BCUT2D eigenvalue weighted by molar-refractivity contribution is 5.91. The molecule has 8 unspecified atom stereocenters. The Labute approximate surface area is 132 Å². The van der Waals surface area contributed by atoms with Crippen molar-refractivity contribution in [3.05, 3.63) is 12.2 Å². The fourth-order valence-electron chi connectivity index (χ4n) is 10.2. The first-order valence-corrected chi connectivity index (χ1v) is 9.50. The Kier molecular flexibility index (Phi) is 1.56. The van der Waals surface area contributed by atoms with E-state index in [1.807, 2.05) is 0 Å². The van der Waals surface area contributed by atoms with Gasteiger partial charge in [-0.25, -0.2) is 0 Å².